The summed E-state index contributed by atoms with van der Waals surface area (Å²) in [5.74, 6) is -2.48. The number of halogens is 2. The number of anilines is 4. The van der Waals surface area contributed by atoms with Crippen LogP contribution in [0.25, 0.3) is 0 Å². The minimum atomic E-state index is -4.89. The van der Waals surface area contributed by atoms with Crippen LogP contribution in [0.15, 0.2) is 53.7 Å². The Morgan fingerprint density at radius 1 is 1.08 bits per heavy atom. The van der Waals surface area contributed by atoms with Gasteiger partial charge in [-0.3, -0.25) is 14.6 Å². The first kappa shape index (κ1) is 28.4. The number of benzene rings is 1. The van der Waals surface area contributed by atoms with Crippen molar-refractivity contribution >= 4 is 45.0 Å². The second-order valence-electron chi connectivity index (χ2n) is 8.48. The molecule has 3 aromatic rings. The maximum atomic E-state index is 14.7. The van der Waals surface area contributed by atoms with Crippen LogP contribution in [-0.4, -0.2) is 42.3 Å². The average molecular weight is 548 g/mol. The lowest BCUT2D eigenvalue weighted by Gasteiger charge is -2.23. The second-order valence-corrected chi connectivity index (χ2v) is 9.83. The van der Waals surface area contributed by atoms with E-state index >= 15 is 0 Å². The van der Waals surface area contributed by atoms with Crippen molar-refractivity contribution in [3.63, 3.8) is 0 Å². The quantitative estimate of drug-likeness (QED) is 0.225. The normalized spacial score (nSPS) is 12.9. The molecule has 0 aliphatic rings. The Kier molecular flexibility index (Phi) is 8.91. The summed E-state index contributed by atoms with van der Waals surface area (Å²) in [6, 6.07) is 6.10. The van der Waals surface area contributed by atoms with Crippen molar-refractivity contribution in [3.05, 3.63) is 65.7 Å². The van der Waals surface area contributed by atoms with Gasteiger partial charge in [0.1, 0.15) is 5.82 Å². The van der Waals surface area contributed by atoms with Gasteiger partial charge in [0.2, 0.25) is 0 Å². The summed E-state index contributed by atoms with van der Waals surface area (Å²) in [7, 11) is -4.89. The molecule has 0 aliphatic carbocycles. The van der Waals surface area contributed by atoms with Crippen molar-refractivity contribution in [2.75, 3.05) is 16.0 Å². The predicted molar refractivity (Wildman–Crippen MR) is 139 cm³/mol. The van der Waals surface area contributed by atoms with Gasteiger partial charge < -0.3 is 27.4 Å². The third-order valence-electron chi connectivity index (χ3n) is 5.45. The first-order valence-electron chi connectivity index (χ1n) is 11.5. The average Bonchev–Trinajstić information content (AvgIpc) is 2.85. The smallest absolute Gasteiger partial charge is 0.332 e. The molecule has 2 aromatic heterocycles. The summed E-state index contributed by atoms with van der Waals surface area (Å²) >= 11 is 0. The number of aromatic nitrogens is 2. The van der Waals surface area contributed by atoms with Crippen molar-refractivity contribution < 1.29 is 26.3 Å². The van der Waals surface area contributed by atoms with Gasteiger partial charge in [-0.25, -0.2) is 9.37 Å². The highest BCUT2D eigenvalue weighted by Crippen LogP contribution is 2.26. The summed E-state index contributed by atoms with van der Waals surface area (Å²) in [6.07, 6.45) is 4.18. The largest absolute Gasteiger partial charge is 0.365 e. The zero-order chi connectivity index (χ0) is 28.0. The molecule has 2 atom stereocenters. The van der Waals surface area contributed by atoms with Crippen LogP contribution in [0.2, 0.25) is 0 Å². The molecule has 0 spiro atoms. The number of amides is 2. The Hall–Kier alpha value is -4.17. The van der Waals surface area contributed by atoms with E-state index in [1.54, 1.807) is 6.92 Å². The van der Waals surface area contributed by atoms with Crippen LogP contribution in [0.5, 0.6) is 0 Å². The van der Waals surface area contributed by atoms with Gasteiger partial charge in [0.05, 0.1) is 34.2 Å². The second kappa shape index (κ2) is 11.9. The van der Waals surface area contributed by atoms with E-state index in [0.717, 1.165) is 36.8 Å². The molecular weight excluding hydrogens is 520 g/mol. The summed E-state index contributed by atoms with van der Waals surface area (Å²) in [4.78, 5) is 32.2. The summed E-state index contributed by atoms with van der Waals surface area (Å²) in [5.41, 5.74) is 11.8. The fourth-order valence-corrected chi connectivity index (χ4v) is 3.97. The zero-order valence-electron chi connectivity index (χ0n) is 20.5. The predicted octanol–water partition coefficient (Wildman–Crippen LogP) is 3.30. The molecule has 38 heavy (non-hydrogen) atoms. The molecule has 7 N–H and O–H groups in total. The van der Waals surface area contributed by atoms with E-state index in [1.807, 2.05) is 6.92 Å². The van der Waals surface area contributed by atoms with Gasteiger partial charge in [0.15, 0.2) is 11.6 Å². The van der Waals surface area contributed by atoms with E-state index in [0.29, 0.717) is 6.42 Å². The maximum Gasteiger partial charge on any atom is 0.332 e. The lowest BCUT2D eigenvalue weighted by Crippen LogP contribution is -2.38. The van der Waals surface area contributed by atoms with E-state index in [9.17, 15) is 26.3 Å². The number of carbonyl (C=O) groups is 2. The van der Waals surface area contributed by atoms with Gasteiger partial charge in [-0.05, 0) is 49.7 Å². The van der Waals surface area contributed by atoms with Crippen molar-refractivity contribution in [1.82, 2.24) is 9.97 Å². The summed E-state index contributed by atoms with van der Waals surface area (Å²) in [6.45, 7) is 3.75. The molecule has 0 unspecified atom stereocenters. The van der Waals surface area contributed by atoms with Crippen LogP contribution < -0.4 is 27.4 Å². The standard InChI is InChI=1S/C24H27F2N7O4S/c1-3-4-20(13(2)27)32-23-19(25)10-18(21(28)34)22(33-23)30-15-9-16(12-29-11-15)31-24(35)14-5-7-17(8-6-14)38(26,36)37/h5-13,20H,3-4,27H2,1-2H3,(H2,28,34)(H,31,35)(H2,30,32,33)/t13-,20+/m0/s1. The van der Waals surface area contributed by atoms with Gasteiger partial charge >= 0.3 is 10.2 Å². The number of nitrogens with one attached hydrogen (secondary N) is 3. The van der Waals surface area contributed by atoms with Crippen molar-refractivity contribution in [1.29, 1.82) is 0 Å². The SMILES string of the molecule is CCC[C@@H](Nc1nc(Nc2cncc(NC(=O)c3ccc(S(=O)(=O)F)cc3)c2)c(C(N)=O)cc1F)[C@H](C)N. The zero-order valence-corrected chi connectivity index (χ0v) is 21.4. The summed E-state index contributed by atoms with van der Waals surface area (Å²) < 4.78 is 49.7. The van der Waals surface area contributed by atoms with Gasteiger partial charge in [0.25, 0.3) is 11.8 Å². The van der Waals surface area contributed by atoms with Crippen LogP contribution in [0, 0.1) is 5.82 Å². The maximum absolute atomic E-state index is 14.7. The number of primary amides is 1. The number of rotatable bonds is 11. The molecule has 2 amide bonds. The van der Waals surface area contributed by atoms with E-state index < -0.39 is 32.8 Å². The number of pyridine rings is 2. The third-order valence-corrected chi connectivity index (χ3v) is 6.29. The molecule has 0 radical (unpaired) electrons. The molecule has 0 aliphatic heterocycles. The Morgan fingerprint density at radius 3 is 2.32 bits per heavy atom. The van der Waals surface area contributed by atoms with Crippen molar-refractivity contribution in [2.45, 2.75) is 43.7 Å². The van der Waals surface area contributed by atoms with E-state index in [1.165, 1.54) is 18.5 Å². The Balaban J connectivity index is 1.84. The molecule has 2 heterocycles. The molecule has 0 bridgehead atoms. The number of hydrogen-bond donors (Lipinski definition) is 5. The van der Waals surface area contributed by atoms with Crippen molar-refractivity contribution in [3.8, 4) is 0 Å². The number of carbonyl (C=O) groups excluding carboxylic acids is 2. The Labute approximate surface area is 218 Å². The highest BCUT2D eigenvalue weighted by atomic mass is 32.3. The van der Waals surface area contributed by atoms with Crippen LogP contribution in [0.3, 0.4) is 0 Å². The molecule has 202 valence electrons. The van der Waals surface area contributed by atoms with Crippen LogP contribution in [0.4, 0.5) is 31.3 Å². The molecule has 0 saturated carbocycles. The fourth-order valence-electron chi connectivity index (χ4n) is 3.51. The number of hydrogen-bond acceptors (Lipinski definition) is 9. The van der Waals surface area contributed by atoms with E-state index in [2.05, 4.69) is 25.9 Å². The van der Waals surface area contributed by atoms with Crippen molar-refractivity contribution in [2.24, 2.45) is 11.5 Å². The topological polar surface area (TPSA) is 182 Å². The third kappa shape index (κ3) is 7.20. The van der Waals surface area contributed by atoms with Gasteiger partial charge in [0, 0.05) is 17.6 Å². The fraction of sp³-hybridized carbons (Fsp3) is 0.250. The molecule has 0 fully saturated rings. The Bertz CT molecular complexity index is 1430. The van der Waals surface area contributed by atoms with Crippen LogP contribution in [-0.2, 0) is 10.2 Å². The highest BCUT2D eigenvalue weighted by molar-refractivity contribution is 7.86. The molecule has 0 saturated heterocycles. The van der Waals surface area contributed by atoms with Gasteiger partial charge in [-0.2, -0.15) is 8.42 Å². The molecular formula is C24H27F2N7O4S. The molecule has 3 rings (SSSR count). The molecule has 14 heteroatoms. The van der Waals surface area contributed by atoms with Gasteiger partial charge in [-0.1, -0.05) is 13.3 Å². The Morgan fingerprint density at radius 2 is 1.74 bits per heavy atom. The minimum absolute atomic E-state index is 0.0466. The molecule has 1 aromatic carbocycles. The van der Waals surface area contributed by atoms with Crippen LogP contribution in [0.1, 0.15) is 47.4 Å². The monoisotopic (exact) mass is 547 g/mol. The first-order chi connectivity index (χ1) is 17.9. The van der Waals surface area contributed by atoms with E-state index in [4.69, 9.17) is 11.5 Å². The minimum Gasteiger partial charge on any atom is -0.365 e. The van der Waals surface area contributed by atoms with E-state index in [-0.39, 0.29) is 46.2 Å². The van der Waals surface area contributed by atoms with Crippen LogP contribution >= 0.6 is 0 Å². The summed E-state index contributed by atoms with van der Waals surface area (Å²) in [5, 5.41) is 8.40. The number of nitrogens with two attached hydrogens (primary N) is 2. The lowest BCUT2D eigenvalue weighted by atomic mass is 10.1. The first-order valence-corrected chi connectivity index (χ1v) is 12.9. The highest BCUT2D eigenvalue weighted by Gasteiger charge is 2.20. The molecule has 11 nitrogen and oxygen atoms in total. The van der Waals surface area contributed by atoms with Gasteiger partial charge in [-0.15, -0.1) is 3.89 Å². The number of nitrogens with zero attached hydrogens (tertiary/aromatic N) is 2. The lowest BCUT2D eigenvalue weighted by molar-refractivity contribution is 0.0997.